The molecular weight excluding hydrogens is 357 g/mol. The van der Waals surface area contributed by atoms with Crippen LogP contribution in [0.15, 0.2) is 28.6 Å². The summed E-state index contributed by atoms with van der Waals surface area (Å²) < 4.78 is 40.0. The van der Waals surface area contributed by atoms with Crippen molar-refractivity contribution in [2.45, 2.75) is 24.0 Å². The molecule has 0 radical (unpaired) electrons. The molecule has 0 atom stereocenters. The zero-order valence-electron chi connectivity index (χ0n) is 12.3. The van der Waals surface area contributed by atoms with Crippen LogP contribution in [0.1, 0.15) is 24.0 Å². The summed E-state index contributed by atoms with van der Waals surface area (Å²) in [6.45, 7) is 0. The molecule has 2 heterocycles. The summed E-state index contributed by atoms with van der Waals surface area (Å²) >= 11 is 2.18. The van der Waals surface area contributed by atoms with Gasteiger partial charge in [0.05, 0.1) is 27.5 Å². The van der Waals surface area contributed by atoms with E-state index in [1.54, 1.807) is 23.6 Å². The molecule has 1 saturated carbocycles. The summed E-state index contributed by atoms with van der Waals surface area (Å²) in [5.74, 6) is 0.0590. The normalized spacial score (nSPS) is 14.4. The molecule has 0 N–H and O–H groups in total. The second-order valence-corrected chi connectivity index (χ2v) is 7.26. The first-order chi connectivity index (χ1) is 11.4. The van der Waals surface area contributed by atoms with Crippen LogP contribution in [0.25, 0.3) is 10.6 Å². The number of ketones is 1. The van der Waals surface area contributed by atoms with Crippen LogP contribution < -0.4 is 0 Å². The number of alkyl halides is 3. The van der Waals surface area contributed by atoms with E-state index in [1.807, 2.05) is 0 Å². The van der Waals surface area contributed by atoms with E-state index < -0.39 is 17.3 Å². The summed E-state index contributed by atoms with van der Waals surface area (Å²) in [5.41, 5.74) is -1.36. The molecule has 2 aromatic rings. The van der Waals surface area contributed by atoms with Crippen LogP contribution in [-0.4, -0.2) is 16.5 Å². The smallest absolute Gasteiger partial charge is 0.298 e. The summed E-state index contributed by atoms with van der Waals surface area (Å²) in [4.78, 5) is 16.6. The van der Waals surface area contributed by atoms with Crippen molar-refractivity contribution >= 4 is 28.9 Å². The van der Waals surface area contributed by atoms with Crippen molar-refractivity contribution in [3.05, 3.63) is 34.7 Å². The number of pyridine rings is 1. The molecule has 1 aliphatic rings. The topological polar surface area (TPSA) is 53.8 Å². The predicted molar refractivity (Wildman–Crippen MR) is 85.7 cm³/mol. The van der Waals surface area contributed by atoms with Gasteiger partial charge in [-0.05, 0) is 30.4 Å². The highest BCUT2D eigenvalue weighted by molar-refractivity contribution is 8.00. The molecule has 8 heteroatoms. The first kappa shape index (κ1) is 17.0. The van der Waals surface area contributed by atoms with Gasteiger partial charge >= 0.3 is 6.18 Å². The number of carbonyl (C=O) groups is 1. The van der Waals surface area contributed by atoms with Crippen molar-refractivity contribution in [2.24, 2.45) is 5.92 Å². The third-order valence-electron chi connectivity index (χ3n) is 3.56. The third kappa shape index (κ3) is 3.62. The highest BCUT2D eigenvalue weighted by atomic mass is 32.2. The number of hydrogen-bond acceptors (Lipinski definition) is 5. The molecule has 0 spiro atoms. The standard InChI is InChI=1S/C16H11F3N2OS2/c17-16(18,19)11-6-12(14-2-1-5-23-14)21-15(10(11)7-20)24-8-13(22)9-3-4-9/h1-2,5-6,9H,3-4,8H2. The van der Waals surface area contributed by atoms with E-state index in [1.165, 1.54) is 11.3 Å². The van der Waals surface area contributed by atoms with Gasteiger partial charge in [-0.2, -0.15) is 18.4 Å². The number of halogens is 3. The van der Waals surface area contributed by atoms with Gasteiger partial charge in [0.1, 0.15) is 16.9 Å². The molecule has 0 amide bonds. The lowest BCUT2D eigenvalue weighted by molar-refractivity contribution is -0.138. The van der Waals surface area contributed by atoms with Gasteiger partial charge in [-0.25, -0.2) is 4.98 Å². The molecule has 24 heavy (non-hydrogen) atoms. The molecule has 1 aliphatic carbocycles. The van der Waals surface area contributed by atoms with Crippen molar-refractivity contribution in [3.63, 3.8) is 0 Å². The van der Waals surface area contributed by atoms with Crippen LogP contribution in [0.4, 0.5) is 13.2 Å². The minimum absolute atomic E-state index is 0.000718. The molecule has 2 aromatic heterocycles. The average Bonchev–Trinajstić information content (AvgIpc) is 3.25. The minimum atomic E-state index is -4.66. The number of aromatic nitrogens is 1. The van der Waals surface area contributed by atoms with E-state index in [2.05, 4.69) is 4.98 Å². The maximum absolute atomic E-state index is 13.3. The van der Waals surface area contributed by atoms with Crippen LogP contribution in [0, 0.1) is 17.2 Å². The van der Waals surface area contributed by atoms with Crippen LogP contribution in [-0.2, 0) is 11.0 Å². The fourth-order valence-corrected chi connectivity index (χ4v) is 3.83. The first-order valence-electron chi connectivity index (χ1n) is 7.12. The average molecular weight is 368 g/mol. The van der Waals surface area contributed by atoms with Crippen molar-refractivity contribution in [1.82, 2.24) is 4.98 Å². The summed E-state index contributed by atoms with van der Waals surface area (Å²) in [7, 11) is 0. The van der Waals surface area contributed by atoms with Crippen molar-refractivity contribution in [2.75, 3.05) is 5.75 Å². The second kappa shape index (κ2) is 6.57. The molecular formula is C16H11F3N2OS2. The van der Waals surface area contributed by atoms with Gasteiger partial charge in [-0.1, -0.05) is 17.8 Å². The Balaban J connectivity index is 2.02. The van der Waals surface area contributed by atoms with Crippen LogP contribution in [0.3, 0.4) is 0 Å². The fourth-order valence-electron chi connectivity index (χ4n) is 2.17. The second-order valence-electron chi connectivity index (χ2n) is 5.35. The zero-order valence-corrected chi connectivity index (χ0v) is 13.9. The highest BCUT2D eigenvalue weighted by Gasteiger charge is 2.36. The van der Waals surface area contributed by atoms with Gasteiger partial charge in [-0.3, -0.25) is 4.79 Å². The van der Waals surface area contributed by atoms with Gasteiger partial charge in [-0.15, -0.1) is 11.3 Å². The van der Waals surface area contributed by atoms with Crippen LogP contribution in [0.5, 0.6) is 0 Å². The van der Waals surface area contributed by atoms with E-state index in [0.29, 0.717) is 4.88 Å². The number of hydrogen-bond donors (Lipinski definition) is 0. The van der Waals surface area contributed by atoms with Gasteiger partial charge in [0, 0.05) is 5.92 Å². The van der Waals surface area contributed by atoms with E-state index in [9.17, 15) is 23.2 Å². The Bertz CT molecular complexity index is 806. The summed E-state index contributed by atoms with van der Waals surface area (Å²) in [6, 6.07) is 5.89. The number of carbonyl (C=O) groups excluding carboxylic acids is 1. The molecule has 0 aliphatic heterocycles. The van der Waals surface area contributed by atoms with Gasteiger partial charge in [0.2, 0.25) is 0 Å². The largest absolute Gasteiger partial charge is 0.417 e. The summed E-state index contributed by atoms with van der Waals surface area (Å²) in [5, 5.41) is 10.9. The Kier molecular flexibility index (Phi) is 4.65. The Hall–Kier alpha value is -1.85. The van der Waals surface area contributed by atoms with E-state index in [0.717, 1.165) is 30.7 Å². The number of thiophene rings is 1. The molecule has 3 nitrogen and oxygen atoms in total. The molecule has 3 rings (SSSR count). The predicted octanol–water partition coefficient (Wildman–Crippen LogP) is 4.77. The van der Waals surface area contributed by atoms with Crippen LogP contribution >= 0.6 is 23.1 Å². The van der Waals surface area contributed by atoms with Gasteiger partial charge < -0.3 is 0 Å². The number of nitrogens with zero attached hydrogens (tertiary/aromatic N) is 2. The molecule has 0 unspecified atom stereocenters. The Morgan fingerprint density at radius 2 is 2.21 bits per heavy atom. The van der Waals surface area contributed by atoms with Crippen molar-refractivity contribution in [3.8, 4) is 16.6 Å². The fraction of sp³-hybridized carbons (Fsp3) is 0.312. The Morgan fingerprint density at radius 1 is 1.46 bits per heavy atom. The zero-order chi connectivity index (χ0) is 17.3. The van der Waals surface area contributed by atoms with Crippen LogP contribution in [0.2, 0.25) is 0 Å². The molecule has 0 saturated heterocycles. The summed E-state index contributed by atoms with van der Waals surface area (Å²) in [6.07, 6.45) is -2.99. The number of nitriles is 1. The lowest BCUT2D eigenvalue weighted by Gasteiger charge is -2.13. The maximum atomic E-state index is 13.3. The van der Waals surface area contributed by atoms with Crippen molar-refractivity contribution in [1.29, 1.82) is 5.26 Å². The van der Waals surface area contributed by atoms with Crippen molar-refractivity contribution < 1.29 is 18.0 Å². The monoisotopic (exact) mass is 368 g/mol. The maximum Gasteiger partial charge on any atom is 0.417 e. The first-order valence-corrected chi connectivity index (χ1v) is 8.98. The molecule has 124 valence electrons. The SMILES string of the molecule is N#Cc1c(C(F)(F)F)cc(-c2cccs2)nc1SCC(=O)C1CC1. The lowest BCUT2D eigenvalue weighted by Crippen LogP contribution is -2.11. The van der Waals surface area contributed by atoms with Gasteiger partial charge in [0.25, 0.3) is 0 Å². The molecule has 1 fully saturated rings. The Labute approximate surface area is 144 Å². The number of rotatable bonds is 5. The highest BCUT2D eigenvalue weighted by Crippen LogP contribution is 2.39. The lowest BCUT2D eigenvalue weighted by atomic mass is 10.1. The molecule has 0 bridgehead atoms. The number of Topliss-reactive ketones (excluding diaryl/α,β-unsaturated/α-hetero) is 1. The quantitative estimate of drug-likeness (QED) is 0.713. The minimum Gasteiger partial charge on any atom is -0.298 e. The van der Waals surface area contributed by atoms with Gasteiger partial charge in [0.15, 0.2) is 0 Å². The van der Waals surface area contributed by atoms with E-state index >= 15 is 0 Å². The van der Waals surface area contributed by atoms with E-state index in [4.69, 9.17) is 0 Å². The Morgan fingerprint density at radius 3 is 2.75 bits per heavy atom. The van der Waals surface area contributed by atoms with E-state index in [-0.39, 0.29) is 28.2 Å². The number of thioether (sulfide) groups is 1. The third-order valence-corrected chi connectivity index (χ3v) is 5.45. The molecule has 0 aromatic carbocycles.